The Hall–Kier alpha value is -0.280. The lowest BCUT2D eigenvalue weighted by Gasteiger charge is -2.43. The first kappa shape index (κ1) is 36.7. The summed E-state index contributed by atoms with van der Waals surface area (Å²) in [6.07, 6.45) is 12.7. The van der Waals surface area contributed by atoms with E-state index >= 15 is 0 Å². The minimum atomic E-state index is -1.24. The van der Waals surface area contributed by atoms with Gasteiger partial charge in [0.1, 0.15) is 0 Å². The smallest absolute Gasteiger partial charge is 0.0701 e. The van der Waals surface area contributed by atoms with Gasteiger partial charge in [-0.25, -0.2) is 0 Å². The summed E-state index contributed by atoms with van der Waals surface area (Å²) in [6.45, 7) is 6.29. The third-order valence-electron chi connectivity index (χ3n) is 8.08. The van der Waals surface area contributed by atoms with Crippen LogP contribution in [-0.4, -0.2) is 82.5 Å². The first-order chi connectivity index (χ1) is 17.7. The summed E-state index contributed by atoms with van der Waals surface area (Å²) in [7, 11) is 0. The number of aliphatic hydroxyl groups excluding tert-OH is 6. The molecule has 0 amide bonds. The van der Waals surface area contributed by atoms with Crippen molar-refractivity contribution < 1.29 is 35.4 Å². The quantitative estimate of drug-likeness (QED) is 0.0905. The maximum atomic E-state index is 10.1. The summed E-state index contributed by atoms with van der Waals surface area (Å²) in [5.74, 6) is 1.41. The minimum absolute atomic E-state index is 0.438. The third kappa shape index (κ3) is 14.1. The molecule has 7 nitrogen and oxygen atoms in total. The van der Waals surface area contributed by atoms with Gasteiger partial charge >= 0.3 is 0 Å². The van der Waals surface area contributed by atoms with Gasteiger partial charge in [0.2, 0.25) is 0 Å². The Morgan fingerprint density at radius 2 is 0.649 bits per heavy atom. The molecule has 0 bridgehead atoms. The Morgan fingerprint density at radius 3 is 0.892 bits per heavy atom. The number of aliphatic hydroxyl groups is 6. The molecule has 0 aliphatic heterocycles. The van der Waals surface area contributed by atoms with Crippen molar-refractivity contribution in [1.29, 1.82) is 0 Å². The highest BCUT2D eigenvalue weighted by Gasteiger charge is 2.45. The van der Waals surface area contributed by atoms with Crippen LogP contribution in [0.25, 0.3) is 0 Å². The molecule has 0 aromatic heterocycles. The molecule has 0 saturated heterocycles. The van der Waals surface area contributed by atoms with Gasteiger partial charge in [-0.1, -0.05) is 105 Å². The van der Waals surface area contributed by atoms with Crippen molar-refractivity contribution in [3.05, 3.63) is 0 Å². The van der Waals surface area contributed by atoms with E-state index in [9.17, 15) is 30.6 Å². The fraction of sp³-hybridized carbons (Fsp3) is 1.00. The lowest BCUT2D eigenvalue weighted by atomic mass is 9.78. The standard InChI is InChI=1S/C30H62O7/c1-25(2)15-11-7-5-9-13-17-27(29(19-31,20-32)21-33)37-28(30(22-34,23-35)24-36)18-14-10-6-8-12-16-26(3)4/h25-28,31-36H,5-24H2,1-4H3. The molecule has 7 heteroatoms. The van der Waals surface area contributed by atoms with Gasteiger partial charge in [0, 0.05) is 0 Å². The van der Waals surface area contributed by atoms with E-state index in [1.54, 1.807) is 0 Å². The van der Waals surface area contributed by atoms with Crippen LogP contribution < -0.4 is 0 Å². The predicted octanol–water partition coefficient (Wildman–Crippen LogP) is 4.44. The number of ether oxygens (including phenoxy) is 1. The molecule has 2 unspecified atom stereocenters. The summed E-state index contributed by atoms with van der Waals surface area (Å²) in [6, 6.07) is 0. The summed E-state index contributed by atoms with van der Waals surface area (Å²) in [5, 5.41) is 60.9. The van der Waals surface area contributed by atoms with E-state index in [4.69, 9.17) is 4.74 Å². The zero-order valence-corrected chi connectivity index (χ0v) is 24.5. The first-order valence-corrected chi connectivity index (χ1v) is 15.0. The van der Waals surface area contributed by atoms with E-state index in [1.807, 2.05) is 0 Å². The van der Waals surface area contributed by atoms with Crippen molar-refractivity contribution >= 4 is 0 Å². The number of hydrogen-bond acceptors (Lipinski definition) is 7. The minimum Gasteiger partial charge on any atom is -0.396 e. The Balaban J connectivity index is 5.33. The van der Waals surface area contributed by atoms with Gasteiger partial charge in [-0.05, 0) is 24.7 Å². The Labute approximate surface area is 227 Å². The highest BCUT2D eigenvalue weighted by atomic mass is 16.5. The van der Waals surface area contributed by atoms with Crippen LogP contribution in [0.1, 0.15) is 118 Å². The molecule has 0 aromatic rings. The fourth-order valence-corrected chi connectivity index (χ4v) is 4.97. The van der Waals surface area contributed by atoms with Gasteiger partial charge in [0.15, 0.2) is 0 Å². The molecule has 0 radical (unpaired) electrons. The van der Waals surface area contributed by atoms with Crippen molar-refractivity contribution in [3.63, 3.8) is 0 Å². The highest BCUT2D eigenvalue weighted by Crippen LogP contribution is 2.35. The van der Waals surface area contributed by atoms with E-state index < -0.39 is 62.7 Å². The van der Waals surface area contributed by atoms with Crippen LogP contribution in [0.4, 0.5) is 0 Å². The third-order valence-corrected chi connectivity index (χ3v) is 8.08. The van der Waals surface area contributed by atoms with Gasteiger partial charge in [-0.3, -0.25) is 0 Å². The topological polar surface area (TPSA) is 131 Å². The van der Waals surface area contributed by atoms with Gasteiger partial charge in [-0.2, -0.15) is 0 Å². The number of hydrogen-bond donors (Lipinski definition) is 6. The monoisotopic (exact) mass is 534 g/mol. The summed E-state index contributed by atoms with van der Waals surface area (Å²) in [4.78, 5) is 0. The molecule has 37 heavy (non-hydrogen) atoms. The zero-order valence-electron chi connectivity index (χ0n) is 24.5. The van der Waals surface area contributed by atoms with Crippen molar-refractivity contribution in [2.24, 2.45) is 22.7 Å². The molecule has 0 fully saturated rings. The maximum Gasteiger partial charge on any atom is 0.0701 e. The predicted molar refractivity (Wildman–Crippen MR) is 150 cm³/mol. The van der Waals surface area contributed by atoms with Crippen LogP contribution in [0.2, 0.25) is 0 Å². The van der Waals surface area contributed by atoms with Crippen molar-refractivity contribution in [1.82, 2.24) is 0 Å². The van der Waals surface area contributed by atoms with E-state index in [0.29, 0.717) is 24.7 Å². The molecular weight excluding hydrogens is 472 g/mol. The van der Waals surface area contributed by atoms with Gasteiger partial charge < -0.3 is 35.4 Å². The molecule has 0 aliphatic rings. The fourth-order valence-electron chi connectivity index (χ4n) is 4.97. The van der Waals surface area contributed by atoms with E-state index in [-0.39, 0.29) is 0 Å². The molecule has 0 saturated carbocycles. The van der Waals surface area contributed by atoms with Crippen LogP contribution in [0.15, 0.2) is 0 Å². The molecule has 0 spiro atoms. The molecule has 6 N–H and O–H groups in total. The normalized spacial score (nSPS) is 14.6. The molecule has 0 aliphatic carbocycles. The molecule has 0 aromatic carbocycles. The van der Waals surface area contributed by atoms with Crippen molar-refractivity contribution in [2.75, 3.05) is 39.6 Å². The molecular formula is C30H62O7. The first-order valence-electron chi connectivity index (χ1n) is 15.0. The van der Waals surface area contributed by atoms with E-state index in [2.05, 4.69) is 27.7 Å². The average Bonchev–Trinajstić information content (AvgIpc) is 2.89. The SMILES string of the molecule is CC(C)CCCCCCCC(OC(CCCCCCCC(C)C)C(CO)(CO)CO)C(CO)(CO)CO. The van der Waals surface area contributed by atoms with Crippen LogP contribution in [0.3, 0.4) is 0 Å². The van der Waals surface area contributed by atoms with Crippen LogP contribution >= 0.6 is 0 Å². The summed E-state index contributed by atoms with van der Waals surface area (Å²) < 4.78 is 6.49. The molecule has 2 atom stereocenters. The maximum absolute atomic E-state index is 10.1. The number of rotatable bonds is 26. The second-order valence-electron chi connectivity index (χ2n) is 12.3. The summed E-state index contributed by atoms with van der Waals surface area (Å²) in [5.41, 5.74) is -2.47. The van der Waals surface area contributed by atoms with Crippen LogP contribution in [0.5, 0.6) is 0 Å². The summed E-state index contributed by atoms with van der Waals surface area (Å²) >= 11 is 0. The molecule has 0 heterocycles. The van der Waals surface area contributed by atoms with E-state index in [0.717, 1.165) is 51.4 Å². The average molecular weight is 535 g/mol. The zero-order chi connectivity index (χ0) is 28.2. The lowest BCUT2D eigenvalue weighted by molar-refractivity contribution is -0.191. The van der Waals surface area contributed by atoms with Gasteiger partial charge in [-0.15, -0.1) is 0 Å². The van der Waals surface area contributed by atoms with Gasteiger partial charge in [0.25, 0.3) is 0 Å². The Morgan fingerprint density at radius 1 is 0.405 bits per heavy atom. The largest absolute Gasteiger partial charge is 0.396 e. The van der Waals surface area contributed by atoms with E-state index in [1.165, 1.54) is 25.7 Å². The highest BCUT2D eigenvalue weighted by molar-refractivity contribution is 4.92. The van der Waals surface area contributed by atoms with Crippen LogP contribution in [-0.2, 0) is 4.74 Å². The lowest BCUT2D eigenvalue weighted by Crippen LogP contribution is -2.53. The second-order valence-corrected chi connectivity index (χ2v) is 12.3. The molecule has 224 valence electrons. The van der Waals surface area contributed by atoms with Crippen LogP contribution in [0, 0.1) is 22.7 Å². The Bertz CT molecular complexity index is 444. The van der Waals surface area contributed by atoms with Gasteiger partial charge in [0.05, 0.1) is 62.7 Å². The number of unbranched alkanes of at least 4 members (excludes halogenated alkanes) is 8. The van der Waals surface area contributed by atoms with Crippen molar-refractivity contribution in [3.8, 4) is 0 Å². The Kier molecular flexibility index (Phi) is 21.4. The van der Waals surface area contributed by atoms with Crippen molar-refractivity contribution in [2.45, 2.75) is 130 Å². The molecule has 0 rings (SSSR count). The second kappa shape index (κ2) is 21.5.